The molecule has 0 spiro atoms. The third-order valence-electron chi connectivity index (χ3n) is 8.44. The summed E-state index contributed by atoms with van der Waals surface area (Å²) in [4.78, 5) is 0. The van der Waals surface area contributed by atoms with Gasteiger partial charge in [-0.2, -0.15) is 12.1 Å². The Morgan fingerprint density at radius 3 is 1.16 bits per heavy atom. The number of aryl methyl sites for hydroxylation is 2. The van der Waals surface area contributed by atoms with Gasteiger partial charge in [-0.3, -0.25) is 0 Å². The zero-order valence-corrected chi connectivity index (χ0v) is 36.9. The molecule has 6 rings (SSSR count). The van der Waals surface area contributed by atoms with Crippen LogP contribution in [0.5, 0.6) is 0 Å². The van der Waals surface area contributed by atoms with Crippen molar-refractivity contribution in [2.24, 2.45) is 10.8 Å². The third-order valence-corrected chi connectivity index (χ3v) is 8.44. The average molecular weight is 799 g/mol. The molecule has 0 heterocycles. The van der Waals surface area contributed by atoms with Gasteiger partial charge in [0.1, 0.15) is 0 Å². The molecule has 6 aromatic carbocycles. The fourth-order valence-corrected chi connectivity index (χ4v) is 6.37. The molecule has 0 saturated carbocycles. The Kier molecular flexibility index (Phi) is 17.0. The molecule has 2 radical (unpaired) electrons. The topological polar surface area (TPSA) is 0 Å². The Balaban J connectivity index is 0.000000234. The van der Waals surface area contributed by atoms with E-state index in [9.17, 15) is 0 Å². The van der Waals surface area contributed by atoms with E-state index >= 15 is 0 Å². The van der Waals surface area contributed by atoms with Crippen molar-refractivity contribution in [1.82, 2.24) is 0 Å². The summed E-state index contributed by atoms with van der Waals surface area (Å²) in [5.41, 5.74) is 11.7. The summed E-state index contributed by atoms with van der Waals surface area (Å²) < 4.78 is 0. The second-order valence-corrected chi connectivity index (χ2v) is 20.2. The van der Waals surface area contributed by atoms with Crippen molar-refractivity contribution in [3.8, 4) is 22.3 Å². The molecular weight excluding hydrogens is 743 g/mol. The fourth-order valence-electron chi connectivity index (χ4n) is 6.37. The van der Waals surface area contributed by atoms with Crippen molar-refractivity contribution in [3.63, 3.8) is 0 Å². The van der Waals surface area contributed by atoms with Crippen LogP contribution < -0.4 is 0 Å². The molecule has 0 fully saturated rings. The Hall–Kier alpha value is -2.22. The van der Waals surface area contributed by atoms with Crippen molar-refractivity contribution in [3.05, 3.63) is 131 Å². The first-order chi connectivity index (χ1) is 23.7. The van der Waals surface area contributed by atoms with Gasteiger partial charge in [0.2, 0.25) is 0 Å². The zero-order valence-electron chi connectivity index (χ0n) is 32.0. The molecule has 0 amide bonds. The van der Waals surface area contributed by atoms with Gasteiger partial charge in [0.15, 0.2) is 0 Å². The molecule has 0 N–H and O–H groups in total. The van der Waals surface area contributed by atoms with Gasteiger partial charge in [-0.25, -0.2) is 0 Å². The Labute approximate surface area is 325 Å². The molecule has 0 aliphatic heterocycles. The van der Waals surface area contributed by atoms with Crippen LogP contribution in [0.15, 0.2) is 109 Å². The predicted molar refractivity (Wildman–Crippen MR) is 224 cm³/mol. The second-order valence-electron chi connectivity index (χ2n) is 15.5. The summed E-state index contributed by atoms with van der Waals surface area (Å²) in [6, 6.07) is 40.7. The molecule has 6 aromatic rings. The predicted octanol–water partition coefficient (Wildman–Crippen LogP) is 14.9. The number of hydrogen-bond donors (Lipinski definition) is 0. The molecule has 4 heteroatoms. The monoisotopic (exact) mass is 796 g/mol. The Bertz CT molecular complexity index is 1720. The van der Waals surface area contributed by atoms with Gasteiger partial charge in [-0.1, -0.05) is 140 Å². The molecule has 262 valence electrons. The van der Waals surface area contributed by atoms with Crippen LogP contribution in [0.25, 0.3) is 43.8 Å². The Morgan fingerprint density at radius 2 is 0.880 bits per heavy atom. The van der Waals surface area contributed by atoms with E-state index in [0.717, 1.165) is 35.2 Å². The minimum absolute atomic E-state index is 0.327. The number of fused-ring (bicyclic) bond motifs is 2. The normalized spacial score (nSPS) is 11.1. The van der Waals surface area contributed by atoms with Gasteiger partial charge in [0.25, 0.3) is 0 Å². The third kappa shape index (κ3) is 13.1. The van der Waals surface area contributed by atoms with Gasteiger partial charge in [0, 0.05) is 9.52 Å². The zero-order chi connectivity index (χ0) is 36.9. The quantitative estimate of drug-likeness (QED) is 0.116. The van der Waals surface area contributed by atoms with Crippen LogP contribution >= 0.6 is 17.0 Å². The Morgan fingerprint density at radius 1 is 0.560 bits per heavy atom. The van der Waals surface area contributed by atoms with Crippen LogP contribution in [0.3, 0.4) is 0 Å². The number of hydrogen-bond acceptors (Lipinski definition) is 0. The molecular formula is C46H56Cl2SiZr. The average Bonchev–Trinajstić information content (AvgIpc) is 3.67. The molecule has 0 unspecified atom stereocenters. The first-order valence-electron chi connectivity index (χ1n) is 17.9. The van der Waals surface area contributed by atoms with Crippen LogP contribution in [-0.2, 0) is 46.5 Å². The summed E-state index contributed by atoms with van der Waals surface area (Å²) in [5, 5.41) is 5.48. The summed E-state index contributed by atoms with van der Waals surface area (Å²) >= 11 is -0.826. The fraction of sp³-hybridized carbons (Fsp3) is 0.348. The summed E-state index contributed by atoms with van der Waals surface area (Å²) in [6.07, 6.45) is 4.43. The van der Waals surface area contributed by atoms with Gasteiger partial charge in [0.05, 0.1) is 0 Å². The van der Waals surface area contributed by atoms with E-state index in [2.05, 4.69) is 178 Å². The summed E-state index contributed by atoms with van der Waals surface area (Å²) in [6.45, 7) is 22.5. The minimum atomic E-state index is -0.826. The number of rotatable bonds is 6. The SMILES string of the molecule is CCc1ccc(-c2cccc3[cH-]c(CC(C)(C)C)cc23)cc1.CCc1ccc(-c2cccc3[cH-]c(CC(C)(C)C)cc23)cc1.C[Si]C.[Cl][Zr+2][Cl]. The van der Waals surface area contributed by atoms with Crippen LogP contribution in [0.1, 0.15) is 77.6 Å². The van der Waals surface area contributed by atoms with Gasteiger partial charge in [-0.05, 0) is 58.8 Å². The maximum atomic E-state index is 4.93. The van der Waals surface area contributed by atoms with Crippen LogP contribution in [-0.4, -0.2) is 9.52 Å². The molecule has 0 bridgehead atoms. The molecule has 0 atom stereocenters. The first kappa shape index (κ1) is 42.2. The van der Waals surface area contributed by atoms with Gasteiger partial charge < -0.3 is 0 Å². The molecule has 0 aromatic heterocycles. The van der Waals surface area contributed by atoms with Gasteiger partial charge in [-0.15, -0.1) is 69.1 Å². The number of benzene rings is 4. The van der Waals surface area contributed by atoms with Crippen molar-refractivity contribution >= 4 is 48.1 Å². The molecule has 0 aliphatic carbocycles. The first-order valence-corrected chi connectivity index (χ1v) is 26.2. The van der Waals surface area contributed by atoms with E-state index in [4.69, 9.17) is 17.0 Å². The van der Waals surface area contributed by atoms with Crippen LogP contribution in [0.2, 0.25) is 13.1 Å². The molecule has 0 aliphatic rings. The van der Waals surface area contributed by atoms with Gasteiger partial charge >= 0.3 is 37.9 Å². The molecule has 50 heavy (non-hydrogen) atoms. The van der Waals surface area contributed by atoms with E-state index in [1.165, 1.54) is 66.1 Å². The van der Waals surface area contributed by atoms with Crippen molar-refractivity contribution in [2.45, 2.75) is 94.2 Å². The van der Waals surface area contributed by atoms with Crippen molar-refractivity contribution in [2.75, 3.05) is 0 Å². The number of halogens is 2. The van der Waals surface area contributed by atoms with E-state index in [-0.39, 0.29) is 0 Å². The summed E-state index contributed by atoms with van der Waals surface area (Å²) in [5.74, 6) is 0. The van der Waals surface area contributed by atoms with E-state index < -0.39 is 20.8 Å². The van der Waals surface area contributed by atoms with E-state index in [1.807, 2.05) is 0 Å². The van der Waals surface area contributed by atoms with Crippen molar-refractivity contribution in [1.29, 1.82) is 0 Å². The molecule has 0 nitrogen and oxygen atoms in total. The molecule has 0 saturated heterocycles. The standard InChI is InChI=1S/2C22H25.C2H6Si.2ClH.Zr/c2*1-5-16-9-11-18(12-10-16)20-8-6-7-19-13-17(14-21(19)20)15-22(2,3)4;1-3-2;;;/h2*6-14H,5,15H2,1-4H3;1-2H3;2*1H;/q2*-1;;;;+4/p-2. The van der Waals surface area contributed by atoms with E-state index in [0.29, 0.717) is 10.8 Å². The maximum absolute atomic E-state index is 4.93. The van der Waals surface area contributed by atoms with Crippen molar-refractivity contribution < 1.29 is 20.8 Å². The van der Waals surface area contributed by atoms with E-state index in [1.54, 1.807) is 0 Å². The van der Waals surface area contributed by atoms with Crippen LogP contribution in [0, 0.1) is 10.8 Å². The van der Waals surface area contributed by atoms with Crippen LogP contribution in [0.4, 0.5) is 0 Å². The second kappa shape index (κ2) is 20.1. The summed E-state index contributed by atoms with van der Waals surface area (Å²) in [7, 11) is 11.0.